The predicted octanol–water partition coefficient (Wildman–Crippen LogP) is 4.00. The zero-order chi connectivity index (χ0) is 21.0. The fraction of sp³-hybridized carbons (Fsp3) is 0.391. The van der Waals surface area contributed by atoms with E-state index in [1.165, 1.54) is 0 Å². The number of nitrogens with one attached hydrogen (secondary N) is 2. The molecule has 0 bridgehead atoms. The van der Waals surface area contributed by atoms with Gasteiger partial charge in [0.05, 0.1) is 5.54 Å². The van der Waals surface area contributed by atoms with E-state index in [0.717, 1.165) is 22.9 Å². The van der Waals surface area contributed by atoms with Gasteiger partial charge in [-0.05, 0) is 55.5 Å². The summed E-state index contributed by atoms with van der Waals surface area (Å²) in [6, 6.07) is 15.2. The Bertz CT molecular complexity index is 923. The molecule has 158 valence electrons. The van der Waals surface area contributed by atoms with E-state index >= 15 is 0 Å². The number of anilines is 1. The van der Waals surface area contributed by atoms with Crippen molar-refractivity contribution in [2.45, 2.75) is 31.2 Å². The van der Waals surface area contributed by atoms with Gasteiger partial charge in [-0.1, -0.05) is 34.1 Å². The molecule has 2 N–H and O–H groups in total. The summed E-state index contributed by atoms with van der Waals surface area (Å²) in [5.74, 6) is 0.529. The lowest BCUT2D eigenvalue weighted by Crippen LogP contribution is -2.50. The minimum atomic E-state index is -0.470. The van der Waals surface area contributed by atoms with Crippen molar-refractivity contribution in [2.75, 3.05) is 25.1 Å². The van der Waals surface area contributed by atoms with Crippen molar-refractivity contribution in [3.05, 3.63) is 58.6 Å². The maximum atomic E-state index is 12.7. The summed E-state index contributed by atoms with van der Waals surface area (Å²) in [6.07, 6.45) is 3.32. The molecule has 2 amide bonds. The predicted molar refractivity (Wildman–Crippen MR) is 117 cm³/mol. The number of halogens is 1. The van der Waals surface area contributed by atoms with Gasteiger partial charge in [0.1, 0.15) is 5.75 Å². The Kier molecular flexibility index (Phi) is 6.39. The Morgan fingerprint density at radius 2 is 1.87 bits per heavy atom. The zero-order valence-electron chi connectivity index (χ0n) is 16.7. The van der Waals surface area contributed by atoms with Gasteiger partial charge in [0.15, 0.2) is 6.61 Å². The van der Waals surface area contributed by atoms with Crippen LogP contribution in [-0.2, 0) is 19.9 Å². The highest BCUT2D eigenvalue weighted by molar-refractivity contribution is 9.10. The normalized spacial score (nSPS) is 17.8. The molecule has 30 heavy (non-hydrogen) atoms. The molecule has 0 aromatic heterocycles. The molecule has 2 aromatic rings. The number of hydrogen-bond donors (Lipinski definition) is 2. The fourth-order valence-corrected chi connectivity index (χ4v) is 4.10. The second-order valence-electron chi connectivity index (χ2n) is 7.83. The van der Waals surface area contributed by atoms with E-state index in [1.807, 2.05) is 30.3 Å². The minimum Gasteiger partial charge on any atom is -0.484 e. The van der Waals surface area contributed by atoms with Gasteiger partial charge in [0.25, 0.3) is 5.91 Å². The smallest absolute Gasteiger partial charge is 0.258 e. The number of carbonyl (C=O) groups excluding carboxylic acids is 2. The SMILES string of the molecule is O=C(COc1cccc(NC(=O)C2CC2)c1)NC1(c2cccc(Br)c2)CCOCC1. The van der Waals surface area contributed by atoms with Gasteiger partial charge in [-0.15, -0.1) is 0 Å². The summed E-state index contributed by atoms with van der Waals surface area (Å²) in [7, 11) is 0. The van der Waals surface area contributed by atoms with Crippen LogP contribution in [0.4, 0.5) is 5.69 Å². The Morgan fingerprint density at radius 3 is 2.60 bits per heavy atom. The first-order valence-corrected chi connectivity index (χ1v) is 11.0. The lowest BCUT2D eigenvalue weighted by molar-refractivity contribution is -0.126. The van der Waals surface area contributed by atoms with Crippen molar-refractivity contribution in [1.29, 1.82) is 0 Å². The Morgan fingerprint density at radius 1 is 1.10 bits per heavy atom. The molecule has 1 aliphatic heterocycles. The molecule has 2 aliphatic rings. The maximum absolute atomic E-state index is 12.7. The fourth-order valence-electron chi connectivity index (χ4n) is 3.70. The molecule has 0 spiro atoms. The summed E-state index contributed by atoms with van der Waals surface area (Å²) >= 11 is 3.52. The first-order valence-electron chi connectivity index (χ1n) is 10.2. The molecular formula is C23H25BrN2O4. The topological polar surface area (TPSA) is 76.7 Å². The first-order chi connectivity index (χ1) is 14.5. The molecule has 2 fully saturated rings. The largest absolute Gasteiger partial charge is 0.484 e. The van der Waals surface area contributed by atoms with Crippen LogP contribution in [0.3, 0.4) is 0 Å². The number of amides is 2. The molecule has 6 nitrogen and oxygen atoms in total. The van der Waals surface area contributed by atoms with E-state index in [-0.39, 0.29) is 24.3 Å². The van der Waals surface area contributed by atoms with Crippen LogP contribution in [0.5, 0.6) is 5.75 Å². The number of hydrogen-bond acceptors (Lipinski definition) is 4. The molecule has 2 aromatic carbocycles. The van der Waals surface area contributed by atoms with Gasteiger partial charge < -0.3 is 20.1 Å². The highest BCUT2D eigenvalue weighted by Gasteiger charge is 2.36. The monoisotopic (exact) mass is 472 g/mol. The third-order valence-corrected chi connectivity index (χ3v) is 6.02. The van der Waals surface area contributed by atoms with Gasteiger partial charge >= 0.3 is 0 Å². The van der Waals surface area contributed by atoms with E-state index < -0.39 is 5.54 Å². The average Bonchev–Trinajstić information content (AvgIpc) is 3.59. The number of carbonyl (C=O) groups is 2. The molecular weight excluding hydrogens is 448 g/mol. The molecule has 7 heteroatoms. The Balaban J connectivity index is 1.39. The third kappa shape index (κ3) is 5.21. The molecule has 0 unspecified atom stereocenters. The summed E-state index contributed by atoms with van der Waals surface area (Å²) in [6.45, 7) is 1.09. The van der Waals surface area contributed by atoms with Crippen LogP contribution >= 0.6 is 15.9 Å². The highest BCUT2D eigenvalue weighted by atomic mass is 79.9. The van der Waals surface area contributed by atoms with Crippen molar-refractivity contribution in [3.8, 4) is 5.75 Å². The molecule has 4 rings (SSSR count). The second-order valence-corrected chi connectivity index (χ2v) is 8.75. The van der Waals surface area contributed by atoms with E-state index in [1.54, 1.807) is 18.2 Å². The quantitative estimate of drug-likeness (QED) is 0.638. The van der Waals surface area contributed by atoms with E-state index in [4.69, 9.17) is 9.47 Å². The summed E-state index contributed by atoms with van der Waals surface area (Å²) < 4.78 is 12.2. The minimum absolute atomic E-state index is 0.0420. The molecule has 1 heterocycles. The van der Waals surface area contributed by atoms with Crippen molar-refractivity contribution in [3.63, 3.8) is 0 Å². The standard InChI is InChI=1S/C23H25BrN2O4/c24-18-4-1-3-17(13-18)23(9-11-29-12-10-23)26-21(27)15-30-20-6-2-5-19(14-20)25-22(28)16-7-8-16/h1-6,13-14,16H,7-12,15H2,(H,25,28)(H,26,27). The molecule has 1 saturated carbocycles. The van der Waals surface area contributed by atoms with Crippen LogP contribution < -0.4 is 15.4 Å². The van der Waals surface area contributed by atoms with Gasteiger partial charge in [-0.2, -0.15) is 0 Å². The molecule has 1 saturated heterocycles. The summed E-state index contributed by atoms with van der Waals surface area (Å²) in [5, 5.41) is 6.07. The number of ether oxygens (including phenoxy) is 2. The first kappa shape index (κ1) is 20.9. The van der Waals surface area contributed by atoms with Gasteiger partial charge in [0, 0.05) is 35.4 Å². The average molecular weight is 473 g/mol. The number of rotatable bonds is 7. The zero-order valence-corrected chi connectivity index (χ0v) is 18.2. The van der Waals surface area contributed by atoms with Crippen LogP contribution in [0.2, 0.25) is 0 Å². The molecule has 1 aliphatic carbocycles. The van der Waals surface area contributed by atoms with Gasteiger partial charge in [0.2, 0.25) is 5.91 Å². The third-order valence-electron chi connectivity index (χ3n) is 5.52. The second kappa shape index (κ2) is 9.18. The number of benzene rings is 2. The lowest BCUT2D eigenvalue weighted by atomic mass is 9.82. The van der Waals surface area contributed by atoms with Crippen LogP contribution in [-0.4, -0.2) is 31.6 Å². The highest BCUT2D eigenvalue weighted by Crippen LogP contribution is 2.34. The van der Waals surface area contributed by atoms with Crippen molar-refractivity contribution in [1.82, 2.24) is 5.32 Å². The molecule has 0 radical (unpaired) electrons. The van der Waals surface area contributed by atoms with Crippen molar-refractivity contribution < 1.29 is 19.1 Å². The van der Waals surface area contributed by atoms with E-state index in [2.05, 4.69) is 26.6 Å². The van der Waals surface area contributed by atoms with Crippen molar-refractivity contribution in [2.24, 2.45) is 5.92 Å². The van der Waals surface area contributed by atoms with Gasteiger partial charge in [-0.3, -0.25) is 9.59 Å². The summed E-state index contributed by atoms with van der Waals surface area (Å²) in [4.78, 5) is 24.7. The lowest BCUT2D eigenvalue weighted by Gasteiger charge is -2.38. The maximum Gasteiger partial charge on any atom is 0.258 e. The Labute approximate surface area is 184 Å². The van der Waals surface area contributed by atoms with E-state index in [0.29, 0.717) is 37.5 Å². The Hall–Kier alpha value is -2.38. The molecule has 0 atom stereocenters. The summed E-state index contributed by atoms with van der Waals surface area (Å²) in [5.41, 5.74) is 1.26. The van der Waals surface area contributed by atoms with Crippen LogP contribution in [0.1, 0.15) is 31.2 Å². The van der Waals surface area contributed by atoms with Gasteiger partial charge in [-0.25, -0.2) is 0 Å². The van der Waals surface area contributed by atoms with E-state index in [9.17, 15) is 9.59 Å². The van der Waals surface area contributed by atoms with Crippen LogP contribution in [0.15, 0.2) is 53.0 Å². The van der Waals surface area contributed by atoms with Crippen molar-refractivity contribution >= 4 is 33.4 Å². The van der Waals surface area contributed by atoms with Crippen LogP contribution in [0.25, 0.3) is 0 Å². The van der Waals surface area contributed by atoms with Crippen LogP contribution in [0, 0.1) is 5.92 Å².